The van der Waals surface area contributed by atoms with Crippen LogP contribution in [0.4, 0.5) is 0 Å². The maximum absolute atomic E-state index is 13.2. The zero-order valence-corrected chi connectivity index (χ0v) is 13.7. The minimum atomic E-state index is -0.443. The van der Waals surface area contributed by atoms with Crippen molar-refractivity contribution in [1.29, 1.82) is 0 Å². The van der Waals surface area contributed by atoms with Crippen molar-refractivity contribution in [3.05, 3.63) is 41.1 Å². The van der Waals surface area contributed by atoms with E-state index in [1.165, 1.54) is 7.11 Å². The van der Waals surface area contributed by atoms with Crippen molar-refractivity contribution in [2.75, 3.05) is 21.0 Å². The van der Waals surface area contributed by atoms with Gasteiger partial charge in [0.1, 0.15) is 5.75 Å². The summed E-state index contributed by atoms with van der Waals surface area (Å²) in [6.45, 7) is 0.114. The van der Waals surface area contributed by atoms with Gasteiger partial charge in [0.2, 0.25) is 12.6 Å². The summed E-state index contributed by atoms with van der Waals surface area (Å²) in [5, 5.41) is 13.0. The van der Waals surface area contributed by atoms with Crippen LogP contribution in [-0.2, 0) is 0 Å². The molecule has 0 saturated heterocycles. The molecule has 0 aromatic heterocycles. The van der Waals surface area contributed by atoms with E-state index < -0.39 is 6.04 Å². The first-order valence-electron chi connectivity index (χ1n) is 8.01. The van der Waals surface area contributed by atoms with Crippen LogP contribution in [0.5, 0.6) is 23.0 Å². The number of hydrogen-bond donors (Lipinski definition) is 1. The Morgan fingerprint density at radius 1 is 1.20 bits per heavy atom. The molecule has 2 aromatic rings. The summed E-state index contributed by atoms with van der Waals surface area (Å²) in [4.78, 5) is 14.1. The Labute approximate surface area is 143 Å². The molecule has 6 heteroatoms. The highest BCUT2D eigenvalue weighted by Crippen LogP contribution is 2.51. The van der Waals surface area contributed by atoms with Crippen LogP contribution in [0.2, 0.25) is 0 Å². The Morgan fingerprint density at radius 3 is 2.64 bits per heavy atom. The summed E-state index contributed by atoms with van der Waals surface area (Å²) in [6.07, 6.45) is 3.86. The highest BCUT2D eigenvalue weighted by atomic mass is 16.7. The average Bonchev–Trinajstić information content (AvgIpc) is 3.07. The van der Waals surface area contributed by atoms with Crippen LogP contribution in [-0.4, -0.2) is 26.7 Å². The van der Waals surface area contributed by atoms with Gasteiger partial charge in [0.25, 0.3) is 0 Å². The minimum Gasteiger partial charge on any atom is -0.870 e. The molecule has 6 nitrogen and oxygen atoms in total. The molecule has 2 heterocycles. The van der Waals surface area contributed by atoms with E-state index >= 15 is 0 Å². The highest BCUT2D eigenvalue weighted by molar-refractivity contribution is 6.12. The third kappa shape index (κ3) is 1.74. The molecule has 1 aliphatic carbocycles. The van der Waals surface area contributed by atoms with Crippen molar-refractivity contribution in [2.45, 2.75) is 6.04 Å². The second-order valence-electron chi connectivity index (χ2n) is 6.41. The molecule has 25 heavy (non-hydrogen) atoms. The van der Waals surface area contributed by atoms with Crippen molar-refractivity contribution in [2.24, 2.45) is 0 Å². The largest absolute Gasteiger partial charge is 0.870 e. The molecule has 1 N–H and O–H groups in total. The Hall–Kier alpha value is -2.99. The number of Topliss-reactive ketones (excluding diaryl/α,β-unsaturated/α-hetero) is 1. The van der Waals surface area contributed by atoms with E-state index in [4.69, 9.17) is 14.2 Å². The van der Waals surface area contributed by atoms with Gasteiger partial charge in [-0.1, -0.05) is 5.75 Å². The number of nitrogens with one attached hydrogen (secondary N) is 1. The van der Waals surface area contributed by atoms with Crippen molar-refractivity contribution >= 4 is 11.9 Å². The molecule has 2 unspecified atom stereocenters. The zero-order valence-electron chi connectivity index (χ0n) is 13.7. The van der Waals surface area contributed by atoms with E-state index in [1.807, 2.05) is 19.3 Å². The molecule has 0 bridgehead atoms. The van der Waals surface area contributed by atoms with E-state index in [0.29, 0.717) is 28.2 Å². The van der Waals surface area contributed by atoms with Crippen molar-refractivity contribution in [1.82, 2.24) is 0 Å². The lowest BCUT2D eigenvalue weighted by Gasteiger charge is -2.35. The summed E-state index contributed by atoms with van der Waals surface area (Å²) in [6, 6.07) is 4.69. The van der Waals surface area contributed by atoms with Gasteiger partial charge in [-0.25, -0.2) is 0 Å². The lowest BCUT2D eigenvalue weighted by atomic mass is 9.77. The first kappa shape index (κ1) is 14.4. The first-order valence-corrected chi connectivity index (χ1v) is 8.01. The van der Waals surface area contributed by atoms with Crippen molar-refractivity contribution in [3.63, 3.8) is 0 Å². The number of fused-ring (bicyclic) bond motifs is 3. The lowest BCUT2D eigenvalue weighted by Crippen LogP contribution is -3.06. The molecule has 3 aliphatic rings. The molecule has 0 saturated carbocycles. The predicted octanol–water partition coefficient (Wildman–Crippen LogP) is 0.901. The summed E-state index contributed by atoms with van der Waals surface area (Å²) in [5.41, 5.74) is 3.22. The Bertz CT molecular complexity index is 979. The van der Waals surface area contributed by atoms with E-state index in [-0.39, 0.29) is 24.1 Å². The number of ether oxygens (including phenoxy) is 3. The number of benzene rings is 2. The van der Waals surface area contributed by atoms with Crippen LogP contribution in [0.15, 0.2) is 24.4 Å². The van der Waals surface area contributed by atoms with Gasteiger partial charge in [0, 0.05) is 11.1 Å². The maximum Gasteiger partial charge on any atom is 0.231 e. The van der Waals surface area contributed by atoms with E-state index in [1.54, 1.807) is 18.2 Å². The SMILES string of the molecule is COc1cc2c3c(c1[O-])-c1cc4c(cc1C(=O)C3[NH+](C)C=C2)OCO4. The van der Waals surface area contributed by atoms with E-state index in [0.717, 1.165) is 16.0 Å². The van der Waals surface area contributed by atoms with Gasteiger partial charge in [-0.05, 0) is 41.0 Å². The molecule has 0 radical (unpaired) electrons. The fourth-order valence-corrected chi connectivity index (χ4v) is 3.93. The number of carbonyl (C=O) groups is 1. The lowest BCUT2D eigenvalue weighted by molar-refractivity contribution is -0.848. The molecule has 0 spiro atoms. The van der Waals surface area contributed by atoms with E-state index in [9.17, 15) is 9.90 Å². The van der Waals surface area contributed by atoms with Gasteiger partial charge in [-0.2, -0.15) is 0 Å². The number of methoxy groups -OCH3 is 1. The maximum atomic E-state index is 13.2. The fourth-order valence-electron chi connectivity index (χ4n) is 3.93. The summed E-state index contributed by atoms with van der Waals surface area (Å²) in [5.74, 6) is 1.13. The van der Waals surface area contributed by atoms with Crippen LogP contribution >= 0.6 is 0 Å². The second kappa shape index (κ2) is 4.77. The van der Waals surface area contributed by atoms with Gasteiger partial charge < -0.3 is 19.3 Å². The Balaban J connectivity index is 1.90. The fraction of sp³-hybridized carbons (Fsp3) is 0.211. The number of carbonyl (C=O) groups excluding carboxylic acids is 1. The van der Waals surface area contributed by atoms with Crippen molar-refractivity contribution < 1.29 is 29.0 Å². The topological polar surface area (TPSA) is 72.3 Å². The van der Waals surface area contributed by atoms with Gasteiger partial charge in [-0.3, -0.25) is 9.69 Å². The number of quaternary nitrogens is 1. The molecular formula is C19H15NO5. The zero-order chi connectivity index (χ0) is 17.3. The molecule has 0 fully saturated rings. The normalized spacial score (nSPS) is 21.8. The van der Waals surface area contributed by atoms with Crippen molar-refractivity contribution in [3.8, 4) is 34.1 Å². The van der Waals surface area contributed by atoms with Crippen LogP contribution in [0.25, 0.3) is 17.2 Å². The monoisotopic (exact) mass is 337 g/mol. The summed E-state index contributed by atoms with van der Waals surface area (Å²) >= 11 is 0. The number of hydrogen-bond acceptors (Lipinski definition) is 5. The highest BCUT2D eigenvalue weighted by Gasteiger charge is 2.42. The third-order valence-corrected chi connectivity index (χ3v) is 5.12. The molecular weight excluding hydrogens is 322 g/mol. The molecule has 5 rings (SSSR count). The molecule has 2 aromatic carbocycles. The van der Waals surface area contributed by atoms with Crippen LogP contribution in [0, 0.1) is 0 Å². The third-order valence-electron chi connectivity index (χ3n) is 5.12. The van der Waals surface area contributed by atoms with E-state index in [2.05, 4.69) is 0 Å². The molecule has 0 amide bonds. The average molecular weight is 337 g/mol. The molecule has 2 atom stereocenters. The summed E-state index contributed by atoms with van der Waals surface area (Å²) < 4.78 is 16.1. The second-order valence-corrected chi connectivity index (χ2v) is 6.41. The van der Waals surface area contributed by atoms with Crippen LogP contribution in [0.1, 0.15) is 27.5 Å². The minimum absolute atomic E-state index is 0.0199. The molecule has 126 valence electrons. The summed E-state index contributed by atoms with van der Waals surface area (Å²) in [7, 11) is 3.39. The predicted molar refractivity (Wildman–Crippen MR) is 87.0 cm³/mol. The number of likely N-dealkylation sites (N-methyl/N-ethyl adjacent to an activating group) is 1. The van der Waals surface area contributed by atoms with Gasteiger partial charge in [0.15, 0.2) is 17.5 Å². The quantitative estimate of drug-likeness (QED) is 0.837. The smallest absolute Gasteiger partial charge is 0.231 e. The Morgan fingerprint density at radius 2 is 1.92 bits per heavy atom. The van der Waals surface area contributed by atoms with Gasteiger partial charge in [0.05, 0.1) is 20.4 Å². The van der Waals surface area contributed by atoms with Gasteiger partial charge in [-0.15, -0.1) is 0 Å². The van der Waals surface area contributed by atoms with Crippen LogP contribution in [0.3, 0.4) is 0 Å². The van der Waals surface area contributed by atoms with Gasteiger partial charge >= 0.3 is 0 Å². The Kier molecular flexibility index (Phi) is 2.74. The number of rotatable bonds is 1. The van der Waals surface area contributed by atoms with Crippen LogP contribution < -0.4 is 24.2 Å². The standard InChI is InChI=1S/C19H15NO5/c1-20-4-3-9-5-14(23-2)19(22)16-10-6-12-13(25-8-24-12)7-11(10)18(21)17(20)15(9)16/h3-7,17,22H,8H2,1-2H3. The first-order chi connectivity index (χ1) is 12.1. The number of ketones is 1. The molecule has 2 aliphatic heterocycles.